The monoisotopic (exact) mass is 186 g/mol. The Morgan fingerprint density at radius 1 is 1.46 bits per heavy atom. The Hall–Kier alpha value is -0.920. The van der Waals surface area contributed by atoms with Crippen LogP contribution in [0.1, 0.15) is 20.8 Å². The molecule has 0 radical (unpaired) electrons. The minimum absolute atomic E-state index is 0.214. The minimum atomic E-state index is -0.555. The molecule has 13 heavy (non-hydrogen) atoms. The third-order valence-electron chi connectivity index (χ3n) is 2.03. The van der Waals surface area contributed by atoms with Gasteiger partial charge in [-0.3, -0.25) is 0 Å². The van der Waals surface area contributed by atoms with Gasteiger partial charge in [0.2, 0.25) is 0 Å². The Bertz CT molecular complexity index is 224. The van der Waals surface area contributed by atoms with Gasteiger partial charge in [0, 0.05) is 5.92 Å². The number of halogens is 2. The van der Waals surface area contributed by atoms with E-state index in [1.54, 1.807) is 6.92 Å². The average Bonchev–Trinajstić information content (AvgIpc) is 2.15. The summed E-state index contributed by atoms with van der Waals surface area (Å²) in [5, 5.41) is 0. The van der Waals surface area contributed by atoms with Crippen LogP contribution in [0.5, 0.6) is 0 Å². The summed E-state index contributed by atoms with van der Waals surface area (Å²) < 4.78 is 24.8. The molecule has 0 bridgehead atoms. The number of alkyl halides is 1. The van der Waals surface area contributed by atoms with E-state index in [2.05, 4.69) is 0 Å². The van der Waals surface area contributed by atoms with E-state index in [1.165, 1.54) is 18.2 Å². The van der Waals surface area contributed by atoms with E-state index < -0.39 is 6.67 Å². The molecule has 0 amide bonds. The Labute approximate surface area is 78.7 Å². The lowest BCUT2D eigenvalue weighted by atomic mass is 10.0. The Morgan fingerprint density at radius 2 is 2.08 bits per heavy atom. The molecule has 0 spiro atoms. The Balaban J connectivity index is 4.32. The first kappa shape index (κ1) is 12.1. The molecule has 0 rings (SSSR count). The number of hydrogen-bond donors (Lipinski definition) is 0. The van der Waals surface area contributed by atoms with E-state index in [0.29, 0.717) is 0 Å². The zero-order valence-corrected chi connectivity index (χ0v) is 8.35. The summed E-state index contributed by atoms with van der Waals surface area (Å²) >= 11 is 0. The molecule has 0 aliphatic rings. The first-order valence-corrected chi connectivity index (χ1v) is 4.34. The fourth-order valence-corrected chi connectivity index (χ4v) is 0.823. The lowest BCUT2D eigenvalue weighted by Gasteiger charge is -2.08. The van der Waals surface area contributed by atoms with Crippen LogP contribution >= 0.6 is 0 Å². The highest BCUT2D eigenvalue weighted by molar-refractivity contribution is 5.17. The molecule has 0 aromatic heterocycles. The highest BCUT2D eigenvalue weighted by Crippen LogP contribution is 2.20. The van der Waals surface area contributed by atoms with Crippen molar-refractivity contribution in [2.45, 2.75) is 20.8 Å². The molecule has 74 valence electrons. The maximum atomic E-state index is 13.2. The average molecular weight is 186 g/mol. The summed E-state index contributed by atoms with van der Waals surface area (Å²) in [6, 6.07) is 0. The van der Waals surface area contributed by atoms with Gasteiger partial charge in [-0.1, -0.05) is 30.7 Å². The molecule has 0 aliphatic heterocycles. The molecule has 0 aromatic rings. The topological polar surface area (TPSA) is 0 Å². The van der Waals surface area contributed by atoms with Crippen molar-refractivity contribution in [1.29, 1.82) is 0 Å². The van der Waals surface area contributed by atoms with E-state index in [1.807, 2.05) is 19.9 Å². The van der Waals surface area contributed by atoms with Gasteiger partial charge in [0.05, 0.1) is 0 Å². The maximum absolute atomic E-state index is 13.2. The highest BCUT2D eigenvalue weighted by atomic mass is 19.1. The lowest BCUT2D eigenvalue weighted by molar-refractivity contribution is 0.533. The number of allylic oxidation sites excluding steroid dienone is 6. The Kier molecular flexibility index (Phi) is 6.11. The van der Waals surface area contributed by atoms with Gasteiger partial charge in [-0.15, -0.1) is 0 Å². The van der Waals surface area contributed by atoms with Crippen LogP contribution in [-0.4, -0.2) is 6.67 Å². The van der Waals surface area contributed by atoms with Gasteiger partial charge in [-0.05, 0) is 19.9 Å². The molecule has 0 aliphatic carbocycles. The van der Waals surface area contributed by atoms with E-state index in [-0.39, 0.29) is 11.7 Å². The fraction of sp³-hybridized carbons (Fsp3) is 0.455. The van der Waals surface area contributed by atoms with Gasteiger partial charge in [0.25, 0.3) is 0 Å². The summed E-state index contributed by atoms with van der Waals surface area (Å²) in [6.45, 7) is 4.97. The van der Waals surface area contributed by atoms with Crippen LogP contribution in [0.2, 0.25) is 0 Å². The first-order chi connectivity index (χ1) is 6.13. The molecule has 0 heterocycles. The quantitative estimate of drug-likeness (QED) is 0.460. The second kappa shape index (κ2) is 6.58. The first-order valence-electron chi connectivity index (χ1n) is 4.34. The molecule has 0 nitrogen and oxygen atoms in total. The SMILES string of the molecule is C/C=C(\C)C(C)/C(F)=C\C=C/CF. The second-order valence-electron chi connectivity index (χ2n) is 2.89. The smallest absolute Gasteiger partial charge is 0.108 e. The summed E-state index contributed by atoms with van der Waals surface area (Å²) in [7, 11) is 0. The zero-order valence-electron chi connectivity index (χ0n) is 8.35. The second-order valence-corrected chi connectivity index (χ2v) is 2.89. The lowest BCUT2D eigenvalue weighted by Crippen LogP contribution is -1.96. The van der Waals surface area contributed by atoms with Crippen LogP contribution in [0.3, 0.4) is 0 Å². The fourth-order valence-electron chi connectivity index (χ4n) is 0.823. The third-order valence-corrected chi connectivity index (χ3v) is 2.03. The minimum Gasteiger partial charge on any atom is -0.247 e. The number of rotatable bonds is 4. The predicted molar refractivity (Wildman–Crippen MR) is 52.9 cm³/mol. The molecule has 1 unspecified atom stereocenters. The van der Waals surface area contributed by atoms with Crippen molar-refractivity contribution < 1.29 is 8.78 Å². The van der Waals surface area contributed by atoms with Crippen LogP contribution < -0.4 is 0 Å². The predicted octanol–water partition coefficient (Wildman–Crippen LogP) is 3.97. The van der Waals surface area contributed by atoms with E-state index >= 15 is 0 Å². The van der Waals surface area contributed by atoms with E-state index in [4.69, 9.17) is 0 Å². The normalized spacial score (nSPS) is 16.7. The molecular weight excluding hydrogens is 170 g/mol. The van der Waals surface area contributed by atoms with Crippen molar-refractivity contribution in [1.82, 2.24) is 0 Å². The summed E-state index contributed by atoms with van der Waals surface area (Å²) in [5.41, 5.74) is 0.974. The van der Waals surface area contributed by atoms with Crippen molar-refractivity contribution in [2.24, 2.45) is 5.92 Å². The molecular formula is C11H16F2. The van der Waals surface area contributed by atoms with Gasteiger partial charge in [-0.2, -0.15) is 0 Å². The van der Waals surface area contributed by atoms with Crippen LogP contribution in [0.4, 0.5) is 8.78 Å². The van der Waals surface area contributed by atoms with Gasteiger partial charge >= 0.3 is 0 Å². The summed E-state index contributed by atoms with van der Waals surface area (Å²) in [4.78, 5) is 0. The van der Waals surface area contributed by atoms with E-state index in [9.17, 15) is 8.78 Å². The molecule has 0 N–H and O–H groups in total. The van der Waals surface area contributed by atoms with Gasteiger partial charge in [0.15, 0.2) is 0 Å². The van der Waals surface area contributed by atoms with Crippen LogP contribution in [0.15, 0.2) is 35.7 Å². The Morgan fingerprint density at radius 3 is 2.54 bits per heavy atom. The standard InChI is InChI=1S/C11H16F2/c1-4-9(2)10(3)11(13)7-5-6-8-12/h4-7,10H,8H2,1-3H3/b6-5-,9-4+,11-7+. The van der Waals surface area contributed by atoms with Crippen molar-refractivity contribution >= 4 is 0 Å². The van der Waals surface area contributed by atoms with Crippen molar-refractivity contribution in [2.75, 3.05) is 6.67 Å². The maximum Gasteiger partial charge on any atom is 0.108 e. The molecule has 0 saturated heterocycles. The number of hydrogen-bond acceptors (Lipinski definition) is 0. The van der Waals surface area contributed by atoms with Crippen LogP contribution in [0.25, 0.3) is 0 Å². The molecule has 0 fully saturated rings. The highest BCUT2D eigenvalue weighted by Gasteiger charge is 2.07. The molecule has 2 heteroatoms. The van der Waals surface area contributed by atoms with Gasteiger partial charge in [0.1, 0.15) is 12.5 Å². The van der Waals surface area contributed by atoms with Crippen LogP contribution in [-0.2, 0) is 0 Å². The molecule has 1 atom stereocenters. The summed E-state index contributed by atoms with van der Waals surface area (Å²) in [6.07, 6.45) is 5.85. The van der Waals surface area contributed by atoms with E-state index in [0.717, 1.165) is 5.57 Å². The largest absolute Gasteiger partial charge is 0.247 e. The van der Waals surface area contributed by atoms with Crippen molar-refractivity contribution in [3.05, 3.63) is 35.7 Å². The third kappa shape index (κ3) is 4.61. The zero-order chi connectivity index (χ0) is 10.3. The van der Waals surface area contributed by atoms with Gasteiger partial charge < -0.3 is 0 Å². The van der Waals surface area contributed by atoms with Crippen LogP contribution in [0, 0.1) is 5.92 Å². The molecule has 0 aromatic carbocycles. The van der Waals surface area contributed by atoms with Gasteiger partial charge in [-0.25, -0.2) is 8.78 Å². The van der Waals surface area contributed by atoms with Crippen molar-refractivity contribution in [3.8, 4) is 0 Å². The van der Waals surface area contributed by atoms with Crippen molar-refractivity contribution in [3.63, 3.8) is 0 Å². The summed E-state index contributed by atoms with van der Waals surface area (Å²) in [5.74, 6) is -0.449. The molecule has 0 saturated carbocycles.